The summed E-state index contributed by atoms with van der Waals surface area (Å²) in [6, 6.07) is 19.7. The maximum Gasteiger partial charge on any atom is 0.248 e. The van der Waals surface area contributed by atoms with E-state index in [0.29, 0.717) is 21.8 Å². The van der Waals surface area contributed by atoms with Crippen LogP contribution < -0.4 is 0 Å². The lowest BCUT2D eigenvalue weighted by atomic mass is 10.2. The lowest BCUT2D eigenvalue weighted by Gasteiger charge is -1.97. The Labute approximate surface area is 164 Å². The van der Waals surface area contributed by atoms with Gasteiger partial charge in [0.05, 0.1) is 10.0 Å². The number of hydrogen-bond acceptors (Lipinski definition) is 4. The van der Waals surface area contributed by atoms with Gasteiger partial charge in [0.2, 0.25) is 11.8 Å². The molecule has 4 aromatic rings. The van der Waals surface area contributed by atoms with E-state index in [1.54, 1.807) is 35.6 Å². The number of rotatable bonds is 4. The standard InChI is InChI=1S/C20H12Cl2N2OS/c21-16-9-6-14(12-17(16)22)20-24-23-19(25-20)11-8-15-7-10-18(26-15)13-4-2-1-3-5-13/h1-12H/b11-8+. The van der Waals surface area contributed by atoms with E-state index >= 15 is 0 Å². The molecule has 6 heteroatoms. The van der Waals surface area contributed by atoms with Crippen molar-refractivity contribution < 1.29 is 4.42 Å². The van der Waals surface area contributed by atoms with E-state index in [4.69, 9.17) is 27.6 Å². The largest absolute Gasteiger partial charge is 0.417 e. The van der Waals surface area contributed by atoms with E-state index in [1.165, 1.54) is 10.4 Å². The zero-order chi connectivity index (χ0) is 17.9. The molecule has 4 rings (SSSR count). The summed E-state index contributed by atoms with van der Waals surface area (Å²) in [5.41, 5.74) is 1.94. The third-order valence-corrected chi connectivity index (χ3v) is 5.52. The van der Waals surface area contributed by atoms with Crippen LogP contribution in [0.5, 0.6) is 0 Å². The molecule has 26 heavy (non-hydrogen) atoms. The highest BCUT2D eigenvalue weighted by molar-refractivity contribution is 7.16. The van der Waals surface area contributed by atoms with Crippen LogP contribution in [0.2, 0.25) is 10.0 Å². The van der Waals surface area contributed by atoms with E-state index in [0.717, 1.165) is 10.4 Å². The summed E-state index contributed by atoms with van der Waals surface area (Å²) in [7, 11) is 0. The SMILES string of the molecule is Clc1ccc(-c2nnc(/C=C/c3ccc(-c4ccccc4)s3)o2)cc1Cl. The van der Waals surface area contributed by atoms with Gasteiger partial charge in [0.1, 0.15) is 0 Å². The quantitative estimate of drug-likeness (QED) is 0.373. The van der Waals surface area contributed by atoms with Crippen LogP contribution >= 0.6 is 34.5 Å². The van der Waals surface area contributed by atoms with Gasteiger partial charge in [0, 0.05) is 21.4 Å². The molecule has 0 aliphatic rings. The minimum atomic E-state index is 0.402. The maximum atomic E-state index is 6.03. The third-order valence-electron chi connectivity index (χ3n) is 3.68. The molecular formula is C20H12Cl2N2OS. The summed E-state index contributed by atoms with van der Waals surface area (Å²) in [5, 5.41) is 9.04. The molecule has 3 nitrogen and oxygen atoms in total. The van der Waals surface area contributed by atoms with Gasteiger partial charge in [-0.1, -0.05) is 53.5 Å². The first-order valence-electron chi connectivity index (χ1n) is 7.81. The Hall–Kier alpha value is -2.40. The van der Waals surface area contributed by atoms with Crippen molar-refractivity contribution in [2.45, 2.75) is 0 Å². The van der Waals surface area contributed by atoms with Gasteiger partial charge in [-0.2, -0.15) is 0 Å². The van der Waals surface area contributed by atoms with Gasteiger partial charge in [0.25, 0.3) is 0 Å². The van der Waals surface area contributed by atoms with Gasteiger partial charge in [-0.15, -0.1) is 21.5 Å². The third kappa shape index (κ3) is 3.73. The molecule has 128 valence electrons. The first kappa shape index (κ1) is 17.0. The zero-order valence-electron chi connectivity index (χ0n) is 13.4. The lowest BCUT2D eigenvalue weighted by Crippen LogP contribution is -1.78. The fourth-order valence-electron chi connectivity index (χ4n) is 2.40. The Balaban J connectivity index is 1.52. The Kier molecular flexibility index (Phi) is 4.89. The number of hydrogen-bond donors (Lipinski definition) is 0. The average Bonchev–Trinajstić information content (AvgIpc) is 3.32. The van der Waals surface area contributed by atoms with E-state index in [-0.39, 0.29) is 0 Å². The fraction of sp³-hybridized carbons (Fsp3) is 0. The second-order valence-electron chi connectivity index (χ2n) is 5.48. The summed E-state index contributed by atoms with van der Waals surface area (Å²) >= 11 is 13.7. The van der Waals surface area contributed by atoms with Crippen LogP contribution in [0.3, 0.4) is 0 Å². The predicted octanol–water partition coefficient (Wildman–Crippen LogP) is 6.94. The normalized spacial score (nSPS) is 11.3. The number of benzene rings is 2. The smallest absolute Gasteiger partial charge is 0.248 e. The van der Waals surface area contributed by atoms with Crippen molar-refractivity contribution in [2.75, 3.05) is 0 Å². The van der Waals surface area contributed by atoms with E-state index in [2.05, 4.69) is 34.5 Å². The highest BCUT2D eigenvalue weighted by Crippen LogP contribution is 2.30. The molecule has 0 bridgehead atoms. The molecule has 2 heterocycles. The Morgan fingerprint density at radius 1 is 0.808 bits per heavy atom. The molecule has 0 aliphatic heterocycles. The van der Waals surface area contributed by atoms with E-state index in [1.807, 2.05) is 24.3 Å². The van der Waals surface area contributed by atoms with Crippen molar-refractivity contribution in [3.05, 3.63) is 81.5 Å². The maximum absolute atomic E-state index is 6.03. The molecule has 2 aromatic heterocycles. The Bertz CT molecular complexity index is 1070. The average molecular weight is 399 g/mol. The Morgan fingerprint density at radius 2 is 1.65 bits per heavy atom. The van der Waals surface area contributed by atoms with Gasteiger partial charge in [-0.25, -0.2) is 0 Å². The number of aromatic nitrogens is 2. The number of nitrogens with zero attached hydrogens (tertiary/aromatic N) is 2. The van der Waals surface area contributed by atoms with Crippen molar-refractivity contribution in [2.24, 2.45) is 0 Å². The highest BCUT2D eigenvalue weighted by Gasteiger charge is 2.09. The van der Waals surface area contributed by atoms with Gasteiger partial charge in [0.15, 0.2) is 0 Å². The van der Waals surface area contributed by atoms with Gasteiger partial charge in [-0.3, -0.25) is 0 Å². The van der Waals surface area contributed by atoms with E-state index in [9.17, 15) is 0 Å². The van der Waals surface area contributed by atoms with Crippen LogP contribution in [-0.4, -0.2) is 10.2 Å². The molecule has 0 unspecified atom stereocenters. The highest BCUT2D eigenvalue weighted by atomic mass is 35.5. The van der Waals surface area contributed by atoms with Gasteiger partial charge in [-0.05, 0) is 42.0 Å². The first-order chi connectivity index (χ1) is 12.7. The molecule has 0 spiro atoms. The number of thiophene rings is 1. The zero-order valence-corrected chi connectivity index (χ0v) is 15.7. The molecule has 0 N–H and O–H groups in total. The van der Waals surface area contributed by atoms with Crippen molar-refractivity contribution in [3.8, 4) is 21.9 Å². The predicted molar refractivity (Wildman–Crippen MR) is 108 cm³/mol. The van der Waals surface area contributed by atoms with Crippen LogP contribution in [0, 0.1) is 0 Å². The van der Waals surface area contributed by atoms with Crippen molar-refractivity contribution >= 4 is 46.7 Å². The van der Waals surface area contributed by atoms with Crippen LogP contribution in [0.25, 0.3) is 34.0 Å². The molecule has 2 aromatic carbocycles. The molecule has 0 aliphatic carbocycles. The second-order valence-corrected chi connectivity index (χ2v) is 7.41. The summed E-state index contributed by atoms with van der Waals surface area (Å²) in [6.07, 6.45) is 3.76. The fourth-order valence-corrected chi connectivity index (χ4v) is 3.62. The molecule has 0 radical (unpaired) electrons. The van der Waals surface area contributed by atoms with Crippen molar-refractivity contribution in [1.82, 2.24) is 10.2 Å². The van der Waals surface area contributed by atoms with Crippen LogP contribution in [0.15, 0.2) is 65.1 Å². The van der Waals surface area contributed by atoms with Crippen LogP contribution in [-0.2, 0) is 0 Å². The van der Waals surface area contributed by atoms with E-state index < -0.39 is 0 Å². The summed E-state index contributed by atoms with van der Waals surface area (Å²) in [5.74, 6) is 0.833. The molecule has 0 saturated heterocycles. The first-order valence-corrected chi connectivity index (χ1v) is 9.38. The van der Waals surface area contributed by atoms with Crippen molar-refractivity contribution in [1.29, 1.82) is 0 Å². The summed E-state index contributed by atoms with van der Waals surface area (Å²) in [6.45, 7) is 0. The lowest BCUT2D eigenvalue weighted by molar-refractivity contribution is 0.558. The topological polar surface area (TPSA) is 38.9 Å². The molecule has 0 saturated carbocycles. The minimum Gasteiger partial charge on any atom is -0.417 e. The van der Waals surface area contributed by atoms with Gasteiger partial charge < -0.3 is 4.42 Å². The molecular weight excluding hydrogens is 387 g/mol. The Morgan fingerprint density at radius 3 is 2.46 bits per heavy atom. The molecule has 0 atom stereocenters. The monoisotopic (exact) mass is 398 g/mol. The summed E-state index contributed by atoms with van der Waals surface area (Å²) in [4.78, 5) is 2.32. The number of halogens is 2. The minimum absolute atomic E-state index is 0.402. The van der Waals surface area contributed by atoms with Crippen LogP contribution in [0.1, 0.15) is 10.8 Å². The van der Waals surface area contributed by atoms with Crippen LogP contribution in [0.4, 0.5) is 0 Å². The van der Waals surface area contributed by atoms with Crippen molar-refractivity contribution in [3.63, 3.8) is 0 Å². The summed E-state index contributed by atoms with van der Waals surface area (Å²) < 4.78 is 5.67. The van der Waals surface area contributed by atoms with Gasteiger partial charge >= 0.3 is 0 Å². The second kappa shape index (κ2) is 7.46. The molecule has 0 amide bonds. The molecule has 0 fully saturated rings.